The lowest BCUT2D eigenvalue weighted by molar-refractivity contribution is -0.139. The predicted octanol–water partition coefficient (Wildman–Crippen LogP) is 2.24. The molecule has 0 fully saturated rings. The van der Waals surface area contributed by atoms with Crippen LogP contribution in [0.4, 0.5) is 0 Å². The van der Waals surface area contributed by atoms with Gasteiger partial charge >= 0.3 is 11.8 Å². The molecule has 0 aliphatic carbocycles. The van der Waals surface area contributed by atoms with Crippen LogP contribution in [0.2, 0.25) is 0 Å². The minimum Gasteiger partial charge on any atom is -0.348 e. The molecular formula is C14H28N2O2. The maximum atomic E-state index is 11.5. The summed E-state index contributed by atoms with van der Waals surface area (Å²) in [6.07, 6.45) is 6.42. The van der Waals surface area contributed by atoms with Gasteiger partial charge in [0.25, 0.3) is 0 Å². The fraction of sp³-hybridized carbons (Fsp3) is 0.857. The Hall–Kier alpha value is -1.06. The van der Waals surface area contributed by atoms with Crippen molar-refractivity contribution in [1.29, 1.82) is 0 Å². The molecule has 0 spiro atoms. The van der Waals surface area contributed by atoms with E-state index in [9.17, 15) is 9.59 Å². The van der Waals surface area contributed by atoms with Crippen molar-refractivity contribution in [1.82, 2.24) is 10.6 Å². The Bertz CT molecular complexity index is 242. The smallest absolute Gasteiger partial charge is 0.309 e. The molecule has 106 valence electrons. The van der Waals surface area contributed by atoms with Crippen LogP contribution in [0.5, 0.6) is 0 Å². The highest BCUT2D eigenvalue weighted by Crippen LogP contribution is 2.10. The molecule has 2 N–H and O–H groups in total. The molecular weight excluding hydrogens is 228 g/mol. The molecule has 1 atom stereocenters. The fourth-order valence-electron chi connectivity index (χ4n) is 1.72. The lowest BCUT2D eigenvalue weighted by Crippen LogP contribution is -2.41. The van der Waals surface area contributed by atoms with Gasteiger partial charge < -0.3 is 10.6 Å². The first kappa shape index (κ1) is 16.9. The Morgan fingerprint density at radius 1 is 0.944 bits per heavy atom. The van der Waals surface area contributed by atoms with Crippen molar-refractivity contribution >= 4 is 11.8 Å². The van der Waals surface area contributed by atoms with E-state index in [2.05, 4.69) is 24.5 Å². The van der Waals surface area contributed by atoms with E-state index in [-0.39, 0.29) is 0 Å². The van der Waals surface area contributed by atoms with Crippen LogP contribution in [-0.4, -0.2) is 24.9 Å². The zero-order valence-corrected chi connectivity index (χ0v) is 12.1. The van der Waals surface area contributed by atoms with Gasteiger partial charge in [-0.05, 0) is 18.8 Å². The molecule has 0 aliphatic heterocycles. The largest absolute Gasteiger partial charge is 0.348 e. The first-order valence-electron chi connectivity index (χ1n) is 7.21. The summed E-state index contributed by atoms with van der Waals surface area (Å²) in [7, 11) is 0. The standard InChI is InChI=1S/C14H28N2O2/c1-4-7-9-12(6-3)11-16-14(18)13(17)15-10-8-5-2/h12H,4-11H2,1-3H3,(H,15,17)(H,16,18)/t12-/m1/s1. The minimum atomic E-state index is -0.506. The molecule has 2 amide bonds. The van der Waals surface area contributed by atoms with Gasteiger partial charge in [-0.3, -0.25) is 9.59 Å². The number of hydrogen-bond acceptors (Lipinski definition) is 2. The molecule has 0 radical (unpaired) electrons. The normalized spacial score (nSPS) is 11.9. The van der Waals surface area contributed by atoms with Crippen LogP contribution in [0, 0.1) is 5.92 Å². The van der Waals surface area contributed by atoms with Gasteiger partial charge in [-0.1, -0.05) is 46.5 Å². The van der Waals surface area contributed by atoms with E-state index in [4.69, 9.17) is 0 Å². The summed E-state index contributed by atoms with van der Waals surface area (Å²) in [5.41, 5.74) is 0. The van der Waals surface area contributed by atoms with Crippen LogP contribution in [-0.2, 0) is 9.59 Å². The summed E-state index contributed by atoms with van der Waals surface area (Å²) in [6, 6.07) is 0. The van der Waals surface area contributed by atoms with Crippen molar-refractivity contribution in [3.05, 3.63) is 0 Å². The molecule has 0 unspecified atom stereocenters. The summed E-state index contributed by atoms with van der Waals surface area (Å²) >= 11 is 0. The van der Waals surface area contributed by atoms with Crippen LogP contribution in [0.25, 0.3) is 0 Å². The topological polar surface area (TPSA) is 58.2 Å². The third-order valence-corrected chi connectivity index (χ3v) is 3.12. The first-order valence-corrected chi connectivity index (χ1v) is 7.21. The Balaban J connectivity index is 3.81. The molecule has 18 heavy (non-hydrogen) atoms. The summed E-state index contributed by atoms with van der Waals surface area (Å²) in [6.45, 7) is 7.51. The van der Waals surface area contributed by atoms with Crippen molar-refractivity contribution in [2.24, 2.45) is 5.92 Å². The quantitative estimate of drug-likeness (QED) is 0.491. The number of hydrogen-bond donors (Lipinski definition) is 2. The van der Waals surface area contributed by atoms with Gasteiger partial charge in [-0.15, -0.1) is 0 Å². The van der Waals surface area contributed by atoms with E-state index < -0.39 is 11.8 Å². The third-order valence-electron chi connectivity index (χ3n) is 3.12. The fourth-order valence-corrected chi connectivity index (χ4v) is 1.72. The third kappa shape index (κ3) is 8.09. The minimum absolute atomic E-state index is 0.484. The average Bonchev–Trinajstić information content (AvgIpc) is 2.38. The lowest BCUT2D eigenvalue weighted by atomic mass is 9.99. The molecule has 0 saturated carbocycles. The SMILES string of the molecule is CCCCNC(=O)C(=O)NC[C@H](CC)CCCC. The highest BCUT2D eigenvalue weighted by atomic mass is 16.2. The van der Waals surface area contributed by atoms with Crippen LogP contribution >= 0.6 is 0 Å². The van der Waals surface area contributed by atoms with Crippen molar-refractivity contribution in [2.75, 3.05) is 13.1 Å². The molecule has 0 aliphatic rings. The van der Waals surface area contributed by atoms with E-state index in [1.807, 2.05) is 6.92 Å². The van der Waals surface area contributed by atoms with Gasteiger partial charge in [0, 0.05) is 13.1 Å². The Kier molecular flexibility index (Phi) is 10.4. The monoisotopic (exact) mass is 256 g/mol. The molecule has 0 rings (SSSR count). The van der Waals surface area contributed by atoms with Crippen LogP contribution in [0.3, 0.4) is 0 Å². The van der Waals surface area contributed by atoms with Gasteiger partial charge in [0.1, 0.15) is 0 Å². The van der Waals surface area contributed by atoms with E-state index in [1.54, 1.807) is 0 Å². The summed E-state index contributed by atoms with van der Waals surface area (Å²) in [5, 5.41) is 5.34. The number of unbranched alkanes of at least 4 members (excludes halogenated alkanes) is 2. The maximum Gasteiger partial charge on any atom is 0.309 e. The summed E-state index contributed by atoms with van der Waals surface area (Å²) < 4.78 is 0. The number of carbonyl (C=O) groups is 2. The van der Waals surface area contributed by atoms with Crippen molar-refractivity contribution < 1.29 is 9.59 Å². The number of amides is 2. The molecule has 0 saturated heterocycles. The van der Waals surface area contributed by atoms with Crippen LogP contribution in [0.1, 0.15) is 59.3 Å². The molecule has 0 aromatic heterocycles. The van der Waals surface area contributed by atoms with Crippen molar-refractivity contribution in [2.45, 2.75) is 59.3 Å². The molecule has 0 aromatic rings. The highest BCUT2D eigenvalue weighted by Gasteiger charge is 2.14. The number of rotatable bonds is 9. The second kappa shape index (κ2) is 11.1. The van der Waals surface area contributed by atoms with Gasteiger partial charge in [0.2, 0.25) is 0 Å². The predicted molar refractivity (Wildman–Crippen MR) is 74.2 cm³/mol. The van der Waals surface area contributed by atoms with Gasteiger partial charge in [0.05, 0.1) is 0 Å². The first-order chi connectivity index (χ1) is 8.65. The van der Waals surface area contributed by atoms with Gasteiger partial charge in [-0.25, -0.2) is 0 Å². The van der Waals surface area contributed by atoms with Crippen molar-refractivity contribution in [3.8, 4) is 0 Å². The Morgan fingerprint density at radius 2 is 1.56 bits per heavy atom. The average molecular weight is 256 g/mol. The maximum absolute atomic E-state index is 11.5. The Labute approximate surface area is 111 Å². The van der Waals surface area contributed by atoms with Crippen LogP contribution < -0.4 is 10.6 Å². The van der Waals surface area contributed by atoms with E-state index in [0.717, 1.165) is 25.7 Å². The molecule has 0 heterocycles. The lowest BCUT2D eigenvalue weighted by Gasteiger charge is -2.15. The highest BCUT2D eigenvalue weighted by molar-refractivity contribution is 6.35. The second-order valence-corrected chi connectivity index (χ2v) is 4.74. The zero-order valence-electron chi connectivity index (χ0n) is 12.1. The van der Waals surface area contributed by atoms with Gasteiger partial charge in [-0.2, -0.15) is 0 Å². The molecule has 0 bridgehead atoms. The second-order valence-electron chi connectivity index (χ2n) is 4.74. The summed E-state index contributed by atoms with van der Waals surface area (Å²) in [5.74, 6) is -0.521. The van der Waals surface area contributed by atoms with Gasteiger partial charge in [0.15, 0.2) is 0 Å². The zero-order chi connectivity index (χ0) is 13.8. The Morgan fingerprint density at radius 3 is 2.11 bits per heavy atom. The molecule has 4 nitrogen and oxygen atoms in total. The van der Waals surface area contributed by atoms with E-state index in [0.29, 0.717) is 19.0 Å². The number of nitrogens with one attached hydrogen (secondary N) is 2. The number of carbonyl (C=O) groups excluding carboxylic acids is 2. The van der Waals surface area contributed by atoms with E-state index in [1.165, 1.54) is 12.8 Å². The summed E-state index contributed by atoms with van der Waals surface area (Å²) in [4.78, 5) is 22.9. The molecule has 0 aromatic carbocycles. The molecule has 4 heteroatoms. The van der Waals surface area contributed by atoms with E-state index >= 15 is 0 Å². The van der Waals surface area contributed by atoms with Crippen molar-refractivity contribution in [3.63, 3.8) is 0 Å². The van der Waals surface area contributed by atoms with Crippen LogP contribution in [0.15, 0.2) is 0 Å².